The van der Waals surface area contributed by atoms with Crippen molar-refractivity contribution in [3.8, 4) is 0 Å². The average Bonchev–Trinajstić information content (AvgIpc) is 3.08. The van der Waals surface area contributed by atoms with Crippen LogP contribution in [0.4, 0.5) is 0 Å². The molecule has 1 aliphatic heterocycles. The summed E-state index contributed by atoms with van der Waals surface area (Å²) in [6.07, 6.45) is 2.29. The van der Waals surface area contributed by atoms with Gasteiger partial charge in [0, 0.05) is 32.6 Å². The van der Waals surface area contributed by atoms with Crippen LogP contribution in [0.1, 0.15) is 24.2 Å². The van der Waals surface area contributed by atoms with Crippen molar-refractivity contribution in [1.82, 2.24) is 15.3 Å². The number of nitrogens with one attached hydrogen (secondary N) is 2. The Hall–Kier alpha value is -1.88. The molecule has 1 fully saturated rings. The number of H-pyrrole nitrogens is 1. The second kappa shape index (κ2) is 6.26. The fraction of sp³-hybridized carbons (Fsp3) is 0.500. The number of fused-ring (bicyclic) bond motifs is 1. The molecule has 2 N–H and O–H groups in total. The van der Waals surface area contributed by atoms with Crippen LogP contribution in [0.3, 0.4) is 0 Å². The molecule has 5 heteroatoms. The van der Waals surface area contributed by atoms with Crippen LogP contribution in [-0.4, -0.2) is 35.6 Å². The second-order valence-electron chi connectivity index (χ2n) is 5.69. The van der Waals surface area contributed by atoms with E-state index in [1.807, 2.05) is 12.1 Å². The molecule has 1 amide bonds. The van der Waals surface area contributed by atoms with Gasteiger partial charge in [-0.15, -0.1) is 0 Å². The van der Waals surface area contributed by atoms with Crippen LogP contribution < -0.4 is 5.32 Å². The molecule has 0 aliphatic carbocycles. The number of hydrogen-bond donors (Lipinski definition) is 2. The quantitative estimate of drug-likeness (QED) is 0.883. The van der Waals surface area contributed by atoms with E-state index >= 15 is 0 Å². The number of carbonyl (C=O) groups is 1. The number of hydrogen-bond acceptors (Lipinski definition) is 3. The predicted octanol–water partition coefficient (Wildman–Crippen LogP) is 1.96. The van der Waals surface area contributed by atoms with Gasteiger partial charge in [0.15, 0.2) is 0 Å². The lowest BCUT2D eigenvalue weighted by Crippen LogP contribution is -2.27. The van der Waals surface area contributed by atoms with Gasteiger partial charge in [-0.25, -0.2) is 4.98 Å². The first-order valence-corrected chi connectivity index (χ1v) is 7.51. The molecule has 0 spiro atoms. The summed E-state index contributed by atoms with van der Waals surface area (Å²) in [5.41, 5.74) is 3.24. The van der Waals surface area contributed by atoms with Gasteiger partial charge >= 0.3 is 0 Å². The lowest BCUT2D eigenvalue weighted by Gasteiger charge is -2.07. The molecule has 21 heavy (non-hydrogen) atoms. The van der Waals surface area contributed by atoms with Crippen LogP contribution in [0.15, 0.2) is 18.2 Å². The maximum Gasteiger partial charge on any atom is 0.220 e. The van der Waals surface area contributed by atoms with Gasteiger partial charge in [-0.05, 0) is 30.9 Å². The van der Waals surface area contributed by atoms with E-state index in [9.17, 15) is 4.79 Å². The topological polar surface area (TPSA) is 67.0 Å². The van der Waals surface area contributed by atoms with Crippen molar-refractivity contribution >= 4 is 16.9 Å². The fourth-order valence-electron chi connectivity index (χ4n) is 2.74. The van der Waals surface area contributed by atoms with E-state index in [0.29, 0.717) is 18.9 Å². The summed E-state index contributed by atoms with van der Waals surface area (Å²) in [6.45, 7) is 4.18. The minimum atomic E-state index is 0.109. The molecular formula is C16H21N3O2. The molecule has 2 heterocycles. The number of ether oxygens (including phenoxy) is 1. The Morgan fingerprint density at radius 3 is 3.19 bits per heavy atom. The third-order valence-electron chi connectivity index (χ3n) is 3.95. The van der Waals surface area contributed by atoms with Crippen LogP contribution in [0, 0.1) is 12.8 Å². The van der Waals surface area contributed by atoms with Gasteiger partial charge in [0.05, 0.1) is 11.0 Å². The van der Waals surface area contributed by atoms with Crippen molar-refractivity contribution in [2.45, 2.75) is 26.2 Å². The van der Waals surface area contributed by atoms with Crippen molar-refractivity contribution in [2.75, 3.05) is 19.8 Å². The highest BCUT2D eigenvalue weighted by Gasteiger charge is 2.18. The molecule has 3 rings (SSSR count). The molecule has 0 radical (unpaired) electrons. The van der Waals surface area contributed by atoms with E-state index < -0.39 is 0 Å². The van der Waals surface area contributed by atoms with E-state index in [4.69, 9.17) is 4.74 Å². The first-order valence-electron chi connectivity index (χ1n) is 7.51. The van der Waals surface area contributed by atoms with Crippen molar-refractivity contribution in [3.63, 3.8) is 0 Å². The van der Waals surface area contributed by atoms with E-state index in [1.54, 1.807) is 0 Å². The minimum Gasteiger partial charge on any atom is -0.381 e. The summed E-state index contributed by atoms with van der Waals surface area (Å²) in [7, 11) is 0. The Balaban J connectivity index is 1.49. The zero-order chi connectivity index (χ0) is 14.7. The Labute approximate surface area is 124 Å². The summed E-state index contributed by atoms with van der Waals surface area (Å²) >= 11 is 0. The van der Waals surface area contributed by atoms with Gasteiger partial charge in [0.25, 0.3) is 0 Å². The zero-order valence-electron chi connectivity index (χ0n) is 12.3. The Bertz CT molecular complexity index is 629. The van der Waals surface area contributed by atoms with E-state index in [1.165, 1.54) is 5.56 Å². The van der Waals surface area contributed by atoms with Crippen molar-refractivity contribution in [3.05, 3.63) is 29.6 Å². The van der Waals surface area contributed by atoms with Gasteiger partial charge in [-0.1, -0.05) is 12.1 Å². The fourth-order valence-corrected chi connectivity index (χ4v) is 2.74. The first-order chi connectivity index (χ1) is 10.2. The van der Waals surface area contributed by atoms with Crippen molar-refractivity contribution in [1.29, 1.82) is 0 Å². The Kier molecular flexibility index (Phi) is 4.20. The number of amides is 1. The number of imidazole rings is 1. The lowest BCUT2D eigenvalue weighted by atomic mass is 10.1. The highest BCUT2D eigenvalue weighted by atomic mass is 16.5. The van der Waals surface area contributed by atoms with Gasteiger partial charge < -0.3 is 15.0 Å². The largest absolute Gasteiger partial charge is 0.381 e. The average molecular weight is 287 g/mol. The normalized spacial score (nSPS) is 18.2. The molecular weight excluding hydrogens is 266 g/mol. The number of benzene rings is 1. The smallest absolute Gasteiger partial charge is 0.220 e. The predicted molar refractivity (Wildman–Crippen MR) is 81.1 cm³/mol. The van der Waals surface area contributed by atoms with E-state index in [2.05, 4.69) is 28.3 Å². The van der Waals surface area contributed by atoms with E-state index in [0.717, 1.165) is 42.9 Å². The maximum atomic E-state index is 11.8. The summed E-state index contributed by atoms with van der Waals surface area (Å²) in [5, 5.41) is 2.96. The van der Waals surface area contributed by atoms with Crippen molar-refractivity contribution < 1.29 is 9.53 Å². The number of rotatable bonds is 5. The summed E-state index contributed by atoms with van der Waals surface area (Å²) in [6, 6.07) is 6.10. The monoisotopic (exact) mass is 287 g/mol. The van der Waals surface area contributed by atoms with E-state index in [-0.39, 0.29) is 5.91 Å². The van der Waals surface area contributed by atoms with Gasteiger partial charge in [-0.2, -0.15) is 0 Å². The van der Waals surface area contributed by atoms with Crippen LogP contribution in [-0.2, 0) is 16.0 Å². The number of nitrogens with zero attached hydrogens (tertiary/aromatic N) is 1. The van der Waals surface area contributed by atoms with Gasteiger partial charge in [0.2, 0.25) is 5.91 Å². The number of aryl methyl sites for hydroxylation is 1. The minimum absolute atomic E-state index is 0.109. The molecule has 1 aliphatic rings. The molecule has 1 atom stereocenters. The maximum absolute atomic E-state index is 11.8. The standard InChI is InChI=1S/C16H21N3O2/c1-11-3-2-4-13-16(11)19-14(18-13)5-7-17-15(20)9-12-6-8-21-10-12/h2-4,12H,5-10H2,1H3,(H,17,20)(H,18,19). The number of carbonyl (C=O) groups excluding carboxylic acids is 1. The first kappa shape index (κ1) is 14.1. The Morgan fingerprint density at radius 1 is 1.52 bits per heavy atom. The molecule has 1 aromatic heterocycles. The molecule has 112 valence electrons. The van der Waals surface area contributed by atoms with Gasteiger partial charge in [0.1, 0.15) is 5.82 Å². The molecule has 0 saturated carbocycles. The zero-order valence-corrected chi connectivity index (χ0v) is 12.3. The molecule has 5 nitrogen and oxygen atoms in total. The van der Waals surface area contributed by atoms with Crippen molar-refractivity contribution in [2.24, 2.45) is 5.92 Å². The summed E-state index contributed by atoms with van der Waals surface area (Å²) in [4.78, 5) is 19.7. The molecule has 2 aromatic rings. The second-order valence-corrected chi connectivity index (χ2v) is 5.69. The highest BCUT2D eigenvalue weighted by Crippen LogP contribution is 2.16. The lowest BCUT2D eigenvalue weighted by molar-refractivity contribution is -0.122. The number of para-hydroxylation sites is 1. The SMILES string of the molecule is Cc1cccc2[nH]c(CCNC(=O)CC3CCOC3)nc12. The highest BCUT2D eigenvalue weighted by molar-refractivity contribution is 5.78. The third kappa shape index (κ3) is 3.42. The Morgan fingerprint density at radius 2 is 2.43 bits per heavy atom. The molecule has 0 bridgehead atoms. The molecule has 1 unspecified atom stereocenters. The summed E-state index contributed by atoms with van der Waals surface area (Å²) in [5.74, 6) is 1.42. The number of aromatic nitrogens is 2. The van der Waals surface area contributed by atoms with Gasteiger partial charge in [-0.3, -0.25) is 4.79 Å². The van der Waals surface area contributed by atoms with Crippen LogP contribution in [0.25, 0.3) is 11.0 Å². The number of aromatic amines is 1. The molecule has 1 saturated heterocycles. The van der Waals surface area contributed by atoms with Crippen LogP contribution in [0.5, 0.6) is 0 Å². The van der Waals surface area contributed by atoms with Crippen LogP contribution >= 0.6 is 0 Å². The summed E-state index contributed by atoms with van der Waals surface area (Å²) < 4.78 is 5.28. The van der Waals surface area contributed by atoms with Crippen LogP contribution in [0.2, 0.25) is 0 Å². The molecule has 1 aromatic carbocycles. The third-order valence-corrected chi connectivity index (χ3v) is 3.95.